The van der Waals surface area contributed by atoms with Crippen LogP contribution in [0.5, 0.6) is 0 Å². The van der Waals surface area contributed by atoms with E-state index in [4.69, 9.17) is 9.47 Å². The molecule has 1 rings (SSSR count). The summed E-state index contributed by atoms with van der Waals surface area (Å²) in [7, 11) is 3.88. The summed E-state index contributed by atoms with van der Waals surface area (Å²) in [5, 5.41) is 0. The van der Waals surface area contributed by atoms with Crippen molar-refractivity contribution in [1.82, 2.24) is 4.90 Å². The number of likely N-dealkylation sites (N-methyl/N-ethyl adjacent to an activating group) is 1. The van der Waals surface area contributed by atoms with Gasteiger partial charge in [-0.15, -0.1) is 0 Å². The first kappa shape index (κ1) is 11.0. The van der Waals surface area contributed by atoms with Crippen LogP contribution in [0.2, 0.25) is 0 Å². The van der Waals surface area contributed by atoms with Crippen molar-refractivity contribution >= 4 is 0 Å². The van der Waals surface area contributed by atoms with Crippen LogP contribution in [-0.2, 0) is 9.47 Å². The number of rotatable bonds is 4. The van der Waals surface area contributed by atoms with E-state index in [0.29, 0.717) is 18.2 Å². The number of methoxy groups -OCH3 is 1. The second kappa shape index (κ2) is 4.94. The van der Waals surface area contributed by atoms with E-state index in [1.807, 2.05) is 0 Å². The highest BCUT2D eigenvalue weighted by atomic mass is 16.5. The lowest BCUT2D eigenvalue weighted by Crippen LogP contribution is -2.38. The van der Waals surface area contributed by atoms with Gasteiger partial charge in [-0.3, -0.25) is 4.90 Å². The molecule has 0 bridgehead atoms. The predicted molar refractivity (Wildman–Crippen MR) is 52.9 cm³/mol. The summed E-state index contributed by atoms with van der Waals surface area (Å²) in [4.78, 5) is 2.32. The fourth-order valence-electron chi connectivity index (χ4n) is 1.89. The van der Waals surface area contributed by atoms with E-state index in [1.165, 1.54) is 0 Å². The maximum Gasteiger partial charge on any atom is 0.0768 e. The van der Waals surface area contributed by atoms with Gasteiger partial charge in [-0.25, -0.2) is 0 Å². The monoisotopic (exact) mass is 187 g/mol. The van der Waals surface area contributed by atoms with Gasteiger partial charge in [0.05, 0.1) is 24.9 Å². The summed E-state index contributed by atoms with van der Waals surface area (Å²) < 4.78 is 11.0. The van der Waals surface area contributed by atoms with Crippen molar-refractivity contribution in [1.29, 1.82) is 0 Å². The van der Waals surface area contributed by atoms with Crippen LogP contribution in [-0.4, -0.2) is 50.5 Å². The van der Waals surface area contributed by atoms with Gasteiger partial charge in [0.15, 0.2) is 0 Å². The quantitative estimate of drug-likeness (QED) is 0.658. The number of hydrogen-bond acceptors (Lipinski definition) is 3. The molecule has 3 nitrogen and oxygen atoms in total. The Morgan fingerprint density at radius 3 is 2.69 bits per heavy atom. The smallest absolute Gasteiger partial charge is 0.0768 e. The van der Waals surface area contributed by atoms with Crippen LogP contribution < -0.4 is 0 Å². The van der Waals surface area contributed by atoms with Gasteiger partial charge in [-0.05, 0) is 27.3 Å². The standard InChI is InChI=1S/C10H21NO2/c1-8(2)13-10-5-6-11(3)9(10)7-12-4/h8-10H,5-7H2,1-4H3/t9-,10+/m1/s1. The minimum absolute atomic E-state index is 0.316. The fraction of sp³-hybridized carbons (Fsp3) is 1.00. The summed E-state index contributed by atoms with van der Waals surface area (Å²) in [6.45, 7) is 6.06. The molecule has 0 unspecified atom stereocenters. The Kier molecular flexibility index (Phi) is 4.16. The SMILES string of the molecule is COC[C@@H]1[C@@H](OC(C)C)CCN1C. The molecule has 1 fully saturated rings. The Morgan fingerprint density at radius 1 is 1.46 bits per heavy atom. The molecule has 0 amide bonds. The summed E-state index contributed by atoms with van der Waals surface area (Å²) >= 11 is 0. The highest BCUT2D eigenvalue weighted by molar-refractivity contribution is 4.86. The lowest BCUT2D eigenvalue weighted by atomic mass is 10.2. The molecule has 0 aromatic heterocycles. The lowest BCUT2D eigenvalue weighted by Gasteiger charge is -2.25. The predicted octanol–water partition coefficient (Wildman–Crippen LogP) is 1.13. The molecule has 0 aromatic carbocycles. The van der Waals surface area contributed by atoms with E-state index < -0.39 is 0 Å². The maximum absolute atomic E-state index is 5.83. The van der Waals surface area contributed by atoms with E-state index >= 15 is 0 Å². The van der Waals surface area contributed by atoms with Gasteiger partial charge in [-0.2, -0.15) is 0 Å². The van der Waals surface area contributed by atoms with Gasteiger partial charge in [0.25, 0.3) is 0 Å². The largest absolute Gasteiger partial charge is 0.383 e. The molecule has 1 aliphatic heterocycles. The van der Waals surface area contributed by atoms with E-state index in [9.17, 15) is 0 Å². The minimum atomic E-state index is 0.316. The molecule has 1 saturated heterocycles. The number of ether oxygens (including phenoxy) is 2. The maximum atomic E-state index is 5.83. The molecule has 3 heteroatoms. The van der Waals surface area contributed by atoms with Crippen molar-refractivity contribution < 1.29 is 9.47 Å². The third-order valence-electron chi connectivity index (χ3n) is 2.55. The summed E-state index contributed by atoms with van der Waals surface area (Å²) in [6, 6.07) is 0.437. The van der Waals surface area contributed by atoms with Crippen LogP contribution in [0, 0.1) is 0 Å². The zero-order valence-corrected chi connectivity index (χ0v) is 9.12. The highest BCUT2D eigenvalue weighted by Gasteiger charge is 2.32. The minimum Gasteiger partial charge on any atom is -0.383 e. The van der Waals surface area contributed by atoms with E-state index in [1.54, 1.807) is 7.11 Å². The molecule has 0 radical (unpaired) electrons. The molecule has 0 aromatic rings. The van der Waals surface area contributed by atoms with E-state index in [-0.39, 0.29) is 0 Å². The Bertz CT molecular complexity index is 150. The number of nitrogens with zero attached hydrogens (tertiary/aromatic N) is 1. The molecule has 0 saturated carbocycles. The third kappa shape index (κ3) is 2.93. The molecule has 0 aliphatic carbocycles. The first-order valence-corrected chi connectivity index (χ1v) is 4.99. The van der Waals surface area contributed by atoms with Crippen LogP contribution in [0.4, 0.5) is 0 Å². The zero-order valence-electron chi connectivity index (χ0n) is 9.12. The molecule has 2 atom stereocenters. The molecule has 0 spiro atoms. The summed E-state index contributed by atoms with van der Waals surface area (Å²) in [5.74, 6) is 0. The van der Waals surface area contributed by atoms with Crippen LogP contribution in [0.1, 0.15) is 20.3 Å². The molecule has 13 heavy (non-hydrogen) atoms. The normalized spacial score (nSPS) is 30.2. The lowest BCUT2D eigenvalue weighted by molar-refractivity contribution is -0.0274. The van der Waals surface area contributed by atoms with Gasteiger partial charge in [0, 0.05) is 13.7 Å². The van der Waals surface area contributed by atoms with E-state index in [2.05, 4.69) is 25.8 Å². The van der Waals surface area contributed by atoms with Crippen LogP contribution in [0.25, 0.3) is 0 Å². The third-order valence-corrected chi connectivity index (χ3v) is 2.55. The molecule has 78 valence electrons. The molecule has 1 aliphatic rings. The second-order valence-corrected chi connectivity index (χ2v) is 4.02. The van der Waals surface area contributed by atoms with Crippen molar-refractivity contribution in [2.45, 2.75) is 38.5 Å². The van der Waals surface area contributed by atoms with Crippen molar-refractivity contribution in [3.05, 3.63) is 0 Å². The first-order chi connectivity index (χ1) is 6.15. The highest BCUT2D eigenvalue weighted by Crippen LogP contribution is 2.20. The Labute approximate surface area is 81.0 Å². The Hall–Kier alpha value is -0.120. The average Bonchev–Trinajstić information content (AvgIpc) is 2.35. The summed E-state index contributed by atoms with van der Waals surface area (Å²) in [5.41, 5.74) is 0. The Morgan fingerprint density at radius 2 is 2.15 bits per heavy atom. The van der Waals surface area contributed by atoms with Crippen molar-refractivity contribution in [3.63, 3.8) is 0 Å². The van der Waals surface area contributed by atoms with Crippen molar-refractivity contribution in [3.8, 4) is 0 Å². The van der Waals surface area contributed by atoms with Crippen LogP contribution >= 0.6 is 0 Å². The van der Waals surface area contributed by atoms with Crippen LogP contribution in [0.15, 0.2) is 0 Å². The van der Waals surface area contributed by atoms with Gasteiger partial charge >= 0.3 is 0 Å². The van der Waals surface area contributed by atoms with Gasteiger partial charge in [0.1, 0.15) is 0 Å². The summed E-state index contributed by atoms with van der Waals surface area (Å²) in [6.07, 6.45) is 1.80. The Balaban J connectivity index is 2.43. The van der Waals surface area contributed by atoms with Crippen molar-refractivity contribution in [2.75, 3.05) is 27.3 Å². The number of hydrogen-bond donors (Lipinski definition) is 0. The van der Waals surface area contributed by atoms with E-state index in [0.717, 1.165) is 19.6 Å². The second-order valence-electron chi connectivity index (χ2n) is 4.02. The van der Waals surface area contributed by atoms with Crippen molar-refractivity contribution in [2.24, 2.45) is 0 Å². The fourth-order valence-corrected chi connectivity index (χ4v) is 1.89. The van der Waals surface area contributed by atoms with Gasteiger partial charge < -0.3 is 9.47 Å². The average molecular weight is 187 g/mol. The van der Waals surface area contributed by atoms with Gasteiger partial charge in [0.2, 0.25) is 0 Å². The first-order valence-electron chi connectivity index (χ1n) is 4.99. The number of likely N-dealkylation sites (tertiary alicyclic amines) is 1. The molecule has 1 heterocycles. The van der Waals surface area contributed by atoms with Gasteiger partial charge in [-0.1, -0.05) is 0 Å². The molecular formula is C10H21NO2. The topological polar surface area (TPSA) is 21.7 Å². The molecular weight excluding hydrogens is 166 g/mol. The van der Waals surface area contributed by atoms with Crippen LogP contribution in [0.3, 0.4) is 0 Å². The zero-order chi connectivity index (χ0) is 9.84. The molecule has 0 N–H and O–H groups in total.